The monoisotopic (exact) mass is 390 g/mol. The summed E-state index contributed by atoms with van der Waals surface area (Å²) < 4.78 is 10.7. The number of nitrogens with zero attached hydrogens (tertiary/aromatic N) is 3. The van der Waals surface area contributed by atoms with Gasteiger partial charge in [-0.25, -0.2) is 4.98 Å². The molecule has 2 aromatic heterocycles. The molecule has 0 saturated heterocycles. The van der Waals surface area contributed by atoms with Gasteiger partial charge in [-0.2, -0.15) is 0 Å². The Kier molecular flexibility index (Phi) is 5.56. The second-order valence-electron chi connectivity index (χ2n) is 6.80. The number of aromatic nitrogens is 2. The first-order valence-electron chi connectivity index (χ1n) is 9.42. The van der Waals surface area contributed by atoms with Gasteiger partial charge >= 0.3 is 0 Å². The predicted molar refractivity (Wildman–Crippen MR) is 109 cm³/mol. The van der Waals surface area contributed by atoms with Crippen LogP contribution in [0.25, 0.3) is 0 Å². The molecule has 7 heteroatoms. The van der Waals surface area contributed by atoms with Crippen molar-refractivity contribution < 1.29 is 14.3 Å². The zero-order valence-corrected chi connectivity index (χ0v) is 16.2. The third kappa shape index (κ3) is 4.63. The van der Waals surface area contributed by atoms with E-state index < -0.39 is 0 Å². The maximum absolute atomic E-state index is 12.4. The first-order chi connectivity index (χ1) is 14.2. The minimum atomic E-state index is -0.166. The molecule has 29 heavy (non-hydrogen) atoms. The van der Waals surface area contributed by atoms with Crippen LogP contribution in [0.1, 0.15) is 21.5 Å². The van der Waals surface area contributed by atoms with Gasteiger partial charge in [0.15, 0.2) is 11.5 Å². The zero-order valence-electron chi connectivity index (χ0n) is 16.2. The molecule has 0 aliphatic carbocycles. The molecule has 0 fully saturated rings. The molecule has 3 aromatic rings. The normalized spacial score (nSPS) is 11.9. The number of likely N-dealkylation sites (N-methyl/N-ethyl adjacent to an activating group) is 1. The molecular weight excluding hydrogens is 368 g/mol. The maximum Gasteiger partial charge on any atom is 0.253 e. The highest BCUT2D eigenvalue weighted by molar-refractivity contribution is 5.94. The Labute approximate surface area is 169 Å². The van der Waals surface area contributed by atoms with Crippen LogP contribution in [-0.4, -0.2) is 36.3 Å². The van der Waals surface area contributed by atoms with E-state index in [1.807, 2.05) is 43.4 Å². The van der Waals surface area contributed by atoms with Crippen molar-refractivity contribution in [2.45, 2.75) is 13.0 Å². The molecule has 0 atom stereocenters. The second-order valence-corrected chi connectivity index (χ2v) is 6.80. The number of pyridine rings is 2. The van der Waals surface area contributed by atoms with Crippen molar-refractivity contribution in [2.75, 3.05) is 25.3 Å². The van der Waals surface area contributed by atoms with Gasteiger partial charge in [-0.05, 0) is 53.9 Å². The van der Waals surface area contributed by atoms with Crippen LogP contribution in [0.4, 0.5) is 5.82 Å². The lowest BCUT2D eigenvalue weighted by molar-refractivity contribution is 0.0950. The molecule has 0 spiro atoms. The van der Waals surface area contributed by atoms with Crippen LogP contribution < -0.4 is 19.7 Å². The Morgan fingerprint density at radius 2 is 1.90 bits per heavy atom. The molecule has 0 saturated carbocycles. The highest BCUT2D eigenvalue weighted by Crippen LogP contribution is 2.32. The second kappa shape index (κ2) is 8.60. The van der Waals surface area contributed by atoms with Crippen molar-refractivity contribution in [1.82, 2.24) is 15.3 Å². The lowest BCUT2D eigenvalue weighted by Gasteiger charge is -2.18. The fourth-order valence-electron chi connectivity index (χ4n) is 3.04. The SMILES string of the molecule is CN(CCc1ccncc1)c1ccc(C(=O)NCc2ccc3c(c2)OCO3)cn1. The van der Waals surface area contributed by atoms with E-state index in [0.29, 0.717) is 17.9 Å². The molecule has 1 N–H and O–H groups in total. The summed E-state index contributed by atoms with van der Waals surface area (Å²) in [5.74, 6) is 2.10. The summed E-state index contributed by atoms with van der Waals surface area (Å²) in [6.07, 6.45) is 6.10. The summed E-state index contributed by atoms with van der Waals surface area (Å²) in [5.41, 5.74) is 2.70. The number of nitrogens with one attached hydrogen (secondary N) is 1. The summed E-state index contributed by atoms with van der Waals surface area (Å²) in [6, 6.07) is 13.3. The largest absolute Gasteiger partial charge is 0.454 e. The van der Waals surface area contributed by atoms with E-state index in [2.05, 4.69) is 20.2 Å². The molecule has 0 unspecified atom stereocenters. The molecule has 148 valence electrons. The average Bonchev–Trinajstić information content (AvgIpc) is 3.24. The molecule has 1 aromatic carbocycles. The Morgan fingerprint density at radius 3 is 2.69 bits per heavy atom. The van der Waals surface area contributed by atoms with Crippen LogP contribution in [0.5, 0.6) is 11.5 Å². The van der Waals surface area contributed by atoms with Gasteiger partial charge in [0.1, 0.15) is 5.82 Å². The van der Waals surface area contributed by atoms with Crippen LogP contribution in [0.15, 0.2) is 61.1 Å². The van der Waals surface area contributed by atoms with Crippen LogP contribution in [-0.2, 0) is 13.0 Å². The molecule has 3 heterocycles. The predicted octanol–water partition coefficient (Wildman–Crippen LogP) is 2.81. The minimum Gasteiger partial charge on any atom is -0.454 e. The third-order valence-electron chi connectivity index (χ3n) is 4.78. The van der Waals surface area contributed by atoms with Crippen molar-refractivity contribution >= 4 is 11.7 Å². The Balaban J connectivity index is 1.30. The average molecular weight is 390 g/mol. The summed E-state index contributed by atoms with van der Waals surface area (Å²) in [4.78, 5) is 22.9. The van der Waals surface area contributed by atoms with Crippen LogP contribution >= 0.6 is 0 Å². The number of amides is 1. The number of carbonyl (C=O) groups excluding carboxylic acids is 1. The van der Waals surface area contributed by atoms with Crippen molar-refractivity contribution in [1.29, 1.82) is 0 Å². The van der Waals surface area contributed by atoms with E-state index in [1.165, 1.54) is 5.56 Å². The van der Waals surface area contributed by atoms with E-state index in [9.17, 15) is 4.79 Å². The van der Waals surface area contributed by atoms with Gasteiger partial charge in [0, 0.05) is 38.7 Å². The third-order valence-corrected chi connectivity index (χ3v) is 4.78. The van der Waals surface area contributed by atoms with E-state index in [1.54, 1.807) is 24.7 Å². The topological polar surface area (TPSA) is 76.6 Å². The van der Waals surface area contributed by atoms with Gasteiger partial charge in [0.05, 0.1) is 5.56 Å². The molecular formula is C22H22N4O3. The fourth-order valence-corrected chi connectivity index (χ4v) is 3.04. The summed E-state index contributed by atoms with van der Waals surface area (Å²) >= 11 is 0. The Morgan fingerprint density at radius 1 is 1.07 bits per heavy atom. The Bertz CT molecular complexity index is 977. The van der Waals surface area contributed by atoms with Gasteiger partial charge in [-0.3, -0.25) is 9.78 Å². The number of carbonyl (C=O) groups is 1. The number of ether oxygens (including phenoxy) is 2. The molecule has 1 amide bonds. The van der Waals surface area contributed by atoms with E-state index in [0.717, 1.165) is 30.1 Å². The molecule has 1 aliphatic heterocycles. The van der Waals surface area contributed by atoms with Gasteiger partial charge in [-0.15, -0.1) is 0 Å². The lowest BCUT2D eigenvalue weighted by atomic mass is 10.2. The van der Waals surface area contributed by atoms with Crippen LogP contribution in [0.3, 0.4) is 0 Å². The maximum atomic E-state index is 12.4. The van der Waals surface area contributed by atoms with Gasteiger partial charge < -0.3 is 19.7 Å². The number of hydrogen-bond acceptors (Lipinski definition) is 6. The highest BCUT2D eigenvalue weighted by atomic mass is 16.7. The molecule has 7 nitrogen and oxygen atoms in total. The summed E-state index contributed by atoms with van der Waals surface area (Å²) in [7, 11) is 1.99. The standard InChI is InChI=1S/C22H22N4O3/c1-26(11-8-16-6-9-23-10-7-16)21-5-3-18(14-24-21)22(27)25-13-17-2-4-19-20(12-17)29-15-28-19/h2-7,9-10,12,14H,8,11,13,15H2,1H3,(H,25,27). The van der Waals surface area contributed by atoms with E-state index in [-0.39, 0.29) is 12.7 Å². The highest BCUT2D eigenvalue weighted by Gasteiger charge is 2.14. The molecule has 0 radical (unpaired) electrons. The number of benzene rings is 1. The van der Waals surface area contributed by atoms with Crippen LogP contribution in [0.2, 0.25) is 0 Å². The van der Waals surface area contributed by atoms with Gasteiger partial charge in [0.2, 0.25) is 6.79 Å². The number of fused-ring (bicyclic) bond motifs is 1. The molecule has 1 aliphatic rings. The minimum absolute atomic E-state index is 0.166. The van der Waals surface area contributed by atoms with Gasteiger partial charge in [0.25, 0.3) is 5.91 Å². The van der Waals surface area contributed by atoms with Crippen molar-refractivity contribution in [3.8, 4) is 11.5 Å². The van der Waals surface area contributed by atoms with Crippen LogP contribution in [0, 0.1) is 0 Å². The van der Waals surface area contributed by atoms with Crippen molar-refractivity contribution in [3.05, 3.63) is 77.7 Å². The first kappa shape index (κ1) is 18.7. The van der Waals surface area contributed by atoms with Crippen molar-refractivity contribution in [3.63, 3.8) is 0 Å². The van der Waals surface area contributed by atoms with E-state index in [4.69, 9.17) is 9.47 Å². The summed E-state index contributed by atoms with van der Waals surface area (Å²) in [5, 5.41) is 2.91. The molecule has 0 bridgehead atoms. The quantitative estimate of drug-likeness (QED) is 0.669. The number of rotatable bonds is 7. The van der Waals surface area contributed by atoms with Crippen molar-refractivity contribution in [2.24, 2.45) is 0 Å². The first-order valence-corrected chi connectivity index (χ1v) is 9.42. The number of hydrogen-bond donors (Lipinski definition) is 1. The smallest absolute Gasteiger partial charge is 0.253 e. The molecule has 4 rings (SSSR count). The fraction of sp³-hybridized carbons (Fsp3) is 0.227. The zero-order chi connectivity index (χ0) is 20.1. The van der Waals surface area contributed by atoms with E-state index >= 15 is 0 Å². The van der Waals surface area contributed by atoms with Gasteiger partial charge in [-0.1, -0.05) is 6.07 Å². The number of anilines is 1. The summed E-state index contributed by atoms with van der Waals surface area (Å²) in [6.45, 7) is 1.47. The Hall–Kier alpha value is -3.61. The lowest BCUT2D eigenvalue weighted by Crippen LogP contribution is -2.24.